The van der Waals surface area contributed by atoms with Gasteiger partial charge in [0, 0.05) is 11.6 Å². The fraction of sp³-hybridized carbons (Fsp3) is 0.200. The van der Waals surface area contributed by atoms with E-state index in [-0.39, 0.29) is 5.56 Å². The van der Waals surface area contributed by atoms with Crippen LogP contribution in [0.25, 0.3) is 11.1 Å². The minimum atomic E-state index is -1.20. The van der Waals surface area contributed by atoms with Crippen LogP contribution in [0.2, 0.25) is 0 Å². The van der Waals surface area contributed by atoms with Crippen molar-refractivity contribution in [3.05, 3.63) is 59.4 Å². The molecule has 3 radical (unpaired) electrons. The fourth-order valence-corrected chi connectivity index (χ4v) is 1.97. The number of rotatable bonds is 3. The van der Waals surface area contributed by atoms with Gasteiger partial charge < -0.3 is 4.43 Å². The SMILES string of the molecule is CC(C)(O[Si])c1ccc(-c2cc(F)c(F)cc2F)cc1. The second-order valence-electron chi connectivity index (χ2n) is 4.94. The normalized spacial score (nSPS) is 11.7. The van der Waals surface area contributed by atoms with E-state index in [1.54, 1.807) is 24.3 Å². The van der Waals surface area contributed by atoms with Gasteiger partial charge in [0.2, 0.25) is 10.5 Å². The van der Waals surface area contributed by atoms with Crippen LogP contribution < -0.4 is 0 Å². The largest absolute Gasteiger partial charge is 0.410 e. The molecule has 0 aliphatic carbocycles. The Hall–Kier alpha value is -1.59. The van der Waals surface area contributed by atoms with Gasteiger partial charge in [0.15, 0.2) is 11.6 Å². The Bertz CT molecular complexity index is 624. The van der Waals surface area contributed by atoms with Gasteiger partial charge >= 0.3 is 0 Å². The molecular formula is C15H12F3OSi. The van der Waals surface area contributed by atoms with E-state index in [9.17, 15) is 13.2 Å². The molecule has 0 spiro atoms. The molecule has 0 fully saturated rings. The molecule has 0 saturated carbocycles. The standard InChI is InChI=1S/C15H12F3OSi/c1-15(2,19-20)10-5-3-9(4-6-10)11-7-13(17)14(18)8-12(11)16/h3-8H,1-2H3. The zero-order valence-electron chi connectivity index (χ0n) is 11.0. The van der Waals surface area contributed by atoms with E-state index in [4.69, 9.17) is 4.43 Å². The van der Waals surface area contributed by atoms with Crippen LogP contribution in [0.4, 0.5) is 13.2 Å². The van der Waals surface area contributed by atoms with Gasteiger partial charge in [-0.25, -0.2) is 13.2 Å². The highest BCUT2D eigenvalue weighted by atomic mass is 28.2. The van der Waals surface area contributed by atoms with Crippen molar-refractivity contribution in [2.75, 3.05) is 0 Å². The topological polar surface area (TPSA) is 9.23 Å². The predicted octanol–water partition coefficient (Wildman–Crippen LogP) is 4.11. The van der Waals surface area contributed by atoms with Gasteiger partial charge in [-0.05, 0) is 31.0 Å². The second-order valence-corrected chi connectivity index (χ2v) is 5.14. The molecular weight excluding hydrogens is 281 g/mol. The smallest absolute Gasteiger partial charge is 0.247 e. The third-order valence-electron chi connectivity index (χ3n) is 3.16. The highest BCUT2D eigenvalue weighted by Crippen LogP contribution is 2.29. The summed E-state index contributed by atoms with van der Waals surface area (Å²) in [5.74, 6) is -3.07. The lowest BCUT2D eigenvalue weighted by Crippen LogP contribution is -2.19. The van der Waals surface area contributed by atoms with E-state index in [1.165, 1.54) is 0 Å². The lowest BCUT2D eigenvalue weighted by atomic mass is 9.95. The van der Waals surface area contributed by atoms with Crippen LogP contribution in [-0.4, -0.2) is 10.5 Å². The maximum absolute atomic E-state index is 13.7. The summed E-state index contributed by atoms with van der Waals surface area (Å²) in [6.07, 6.45) is 0. The van der Waals surface area contributed by atoms with Crippen molar-refractivity contribution in [3.63, 3.8) is 0 Å². The van der Waals surface area contributed by atoms with Crippen molar-refractivity contribution in [2.24, 2.45) is 0 Å². The summed E-state index contributed by atoms with van der Waals surface area (Å²) in [5, 5.41) is 0. The molecule has 0 atom stereocenters. The average Bonchev–Trinajstić information content (AvgIpc) is 2.43. The van der Waals surface area contributed by atoms with Crippen molar-refractivity contribution in [3.8, 4) is 11.1 Å². The van der Waals surface area contributed by atoms with Gasteiger partial charge in [-0.15, -0.1) is 0 Å². The van der Waals surface area contributed by atoms with Crippen LogP contribution in [0, 0.1) is 17.5 Å². The molecule has 2 rings (SSSR count). The quantitative estimate of drug-likeness (QED) is 0.611. The number of halogens is 3. The van der Waals surface area contributed by atoms with Gasteiger partial charge in [0.1, 0.15) is 5.82 Å². The maximum Gasteiger partial charge on any atom is 0.247 e. The average molecular weight is 293 g/mol. The molecule has 20 heavy (non-hydrogen) atoms. The fourth-order valence-electron chi connectivity index (χ4n) is 1.85. The van der Waals surface area contributed by atoms with Gasteiger partial charge in [-0.2, -0.15) is 0 Å². The van der Waals surface area contributed by atoms with Crippen LogP contribution >= 0.6 is 0 Å². The summed E-state index contributed by atoms with van der Waals surface area (Å²) in [6.45, 7) is 3.71. The van der Waals surface area contributed by atoms with E-state index in [0.29, 0.717) is 11.6 Å². The summed E-state index contributed by atoms with van der Waals surface area (Å²) in [4.78, 5) is 0. The Kier molecular flexibility index (Phi) is 4.01. The predicted molar refractivity (Wildman–Crippen MR) is 71.6 cm³/mol. The molecule has 2 aromatic rings. The first-order chi connectivity index (χ1) is 9.35. The molecule has 0 aliphatic heterocycles. The highest BCUT2D eigenvalue weighted by molar-refractivity contribution is 5.98. The van der Waals surface area contributed by atoms with Gasteiger partial charge in [0.25, 0.3) is 0 Å². The summed E-state index contributed by atoms with van der Waals surface area (Å²) >= 11 is 0. The molecule has 0 aliphatic rings. The number of hydrogen-bond acceptors (Lipinski definition) is 1. The van der Waals surface area contributed by atoms with Crippen LogP contribution in [0.5, 0.6) is 0 Å². The van der Waals surface area contributed by atoms with E-state index < -0.39 is 23.1 Å². The molecule has 0 N–H and O–H groups in total. The van der Waals surface area contributed by atoms with E-state index in [2.05, 4.69) is 10.5 Å². The molecule has 1 nitrogen and oxygen atoms in total. The van der Waals surface area contributed by atoms with Crippen molar-refractivity contribution in [2.45, 2.75) is 19.4 Å². The van der Waals surface area contributed by atoms with Crippen molar-refractivity contribution in [1.29, 1.82) is 0 Å². The number of benzene rings is 2. The first-order valence-corrected chi connectivity index (χ1v) is 6.36. The van der Waals surface area contributed by atoms with Crippen LogP contribution in [0.15, 0.2) is 36.4 Å². The third-order valence-corrected chi connectivity index (χ3v) is 3.67. The first-order valence-electron chi connectivity index (χ1n) is 5.95. The third kappa shape index (κ3) is 2.78. The van der Waals surface area contributed by atoms with E-state index in [0.717, 1.165) is 11.6 Å². The van der Waals surface area contributed by atoms with Crippen molar-refractivity contribution in [1.82, 2.24) is 0 Å². The van der Waals surface area contributed by atoms with Gasteiger partial charge in [0.05, 0.1) is 5.60 Å². The minimum absolute atomic E-state index is 0.0209. The van der Waals surface area contributed by atoms with Gasteiger partial charge in [-0.1, -0.05) is 24.3 Å². The summed E-state index contributed by atoms with van der Waals surface area (Å²) < 4.78 is 44.9. The number of hydrogen-bond donors (Lipinski definition) is 0. The monoisotopic (exact) mass is 293 g/mol. The molecule has 0 saturated heterocycles. The Morgan fingerprint density at radius 3 is 2.00 bits per heavy atom. The Morgan fingerprint density at radius 1 is 0.900 bits per heavy atom. The van der Waals surface area contributed by atoms with Crippen molar-refractivity contribution < 1.29 is 17.6 Å². The summed E-state index contributed by atoms with van der Waals surface area (Å²) in [6, 6.07) is 8.16. The van der Waals surface area contributed by atoms with Crippen LogP contribution in [0.1, 0.15) is 19.4 Å². The van der Waals surface area contributed by atoms with Gasteiger partial charge in [-0.3, -0.25) is 0 Å². The Morgan fingerprint density at radius 2 is 1.45 bits per heavy atom. The molecule has 2 aromatic carbocycles. The molecule has 103 valence electrons. The first kappa shape index (κ1) is 14.8. The zero-order chi connectivity index (χ0) is 14.9. The lowest BCUT2D eigenvalue weighted by molar-refractivity contribution is 0.123. The second kappa shape index (κ2) is 5.42. The van der Waals surface area contributed by atoms with E-state index in [1.807, 2.05) is 13.8 Å². The van der Waals surface area contributed by atoms with Crippen LogP contribution in [0.3, 0.4) is 0 Å². The lowest BCUT2D eigenvalue weighted by Gasteiger charge is -2.24. The molecule has 0 unspecified atom stereocenters. The molecule has 0 bridgehead atoms. The minimum Gasteiger partial charge on any atom is -0.410 e. The summed E-state index contributed by atoms with van der Waals surface area (Å²) in [7, 11) is 3.00. The highest BCUT2D eigenvalue weighted by Gasteiger charge is 2.19. The Labute approximate surface area is 118 Å². The molecule has 0 aromatic heterocycles. The molecule has 5 heteroatoms. The summed E-state index contributed by atoms with van der Waals surface area (Å²) in [5.41, 5.74) is 0.795. The zero-order valence-corrected chi connectivity index (χ0v) is 12.0. The molecule has 0 heterocycles. The molecule has 0 amide bonds. The Balaban J connectivity index is 2.43. The van der Waals surface area contributed by atoms with Crippen molar-refractivity contribution >= 4 is 10.5 Å². The van der Waals surface area contributed by atoms with E-state index >= 15 is 0 Å². The maximum atomic E-state index is 13.7. The van der Waals surface area contributed by atoms with Crippen LogP contribution in [-0.2, 0) is 10.0 Å².